The van der Waals surface area contributed by atoms with Gasteiger partial charge in [0.2, 0.25) is 5.76 Å². The molecule has 0 radical (unpaired) electrons. The smallest absolute Gasteiger partial charge is 0.286 e. The number of nitrogens with one attached hydrogen (secondary N) is 1. The Balaban J connectivity index is 1.79. The molecule has 0 aliphatic rings. The molecule has 0 aliphatic heterocycles. The van der Waals surface area contributed by atoms with Crippen LogP contribution in [0.3, 0.4) is 0 Å². The lowest BCUT2D eigenvalue weighted by Gasteiger charge is -2.09. The Hall–Kier alpha value is -2.70. The van der Waals surface area contributed by atoms with Gasteiger partial charge in [0.15, 0.2) is 6.61 Å². The molecule has 0 aliphatic carbocycles. The Kier molecular flexibility index (Phi) is 4.83. The Morgan fingerprint density at radius 3 is 2.68 bits per heavy atom. The molecule has 128 valence electrons. The van der Waals surface area contributed by atoms with Gasteiger partial charge in [-0.25, -0.2) is 0 Å². The molecule has 1 aromatic heterocycles. The van der Waals surface area contributed by atoms with Crippen LogP contribution in [0.4, 0.5) is 5.69 Å². The quantitative estimate of drug-likeness (QED) is 0.704. The number of amides is 2. The maximum absolute atomic E-state index is 12.2. The van der Waals surface area contributed by atoms with Crippen molar-refractivity contribution in [2.24, 2.45) is 5.73 Å². The Labute approximate surface area is 152 Å². The standard InChI is InChI=1S/C17H12Cl2N2O4/c18-9-5-6-11(19)13(7-9)24-8-14(22)21-15-10-3-1-2-4-12(10)25-16(15)17(20)23/h1-7H,8H2,(H2,20,23)(H,21,22). The SMILES string of the molecule is NC(=O)c1oc2ccccc2c1NC(=O)COc1cc(Cl)ccc1Cl. The van der Waals surface area contributed by atoms with E-state index in [2.05, 4.69) is 5.32 Å². The molecule has 2 amide bonds. The van der Waals surface area contributed by atoms with E-state index < -0.39 is 11.8 Å². The minimum Gasteiger partial charge on any atom is -0.482 e. The zero-order valence-electron chi connectivity index (χ0n) is 12.7. The molecular weight excluding hydrogens is 367 g/mol. The molecular formula is C17H12Cl2N2O4. The molecule has 0 atom stereocenters. The van der Waals surface area contributed by atoms with Crippen molar-refractivity contribution in [3.05, 3.63) is 58.3 Å². The van der Waals surface area contributed by atoms with Crippen molar-refractivity contribution < 1.29 is 18.7 Å². The van der Waals surface area contributed by atoms with Crippen molar-refractivity contribution in [1.29, 1.82) is 0 Å². The number of hydrogen-bond acceptors (Lipinski definition) is 4. The van der Waals surface area contributed by atoms with Crippen LogP contribution in [0.2, 0.25) is 10.0 Å². The van der Waals surface area contributed by atoms with Crippen molar-refractivity contribution in [3.63, 3.8) is 0 Å². The number of hydrogen-bond donors (Lipinski definition) is 2. The van der Waals surface area contributed by atoms with Crippen molar-refractivity contribution in [1.82, 2.24) is 0 Å². The predicted molar refractivity (Wildman–Crippen MR) is 95.3 cm³/mol. The number of para-hydroxylation sites is 1. The van der Waals surface area contributed by atoms with Gasteiger partial charge in [0.25, 0.3) is 11.8 Å². The fourth-order valence-corrected chi connectivity index (χ4v) is 2.58. The number of anilines is 1. The van der Waals surface area contributed by atoms with E-state index in [0.717, 1.165) is 0 Å². The Morgan fingerprint density at radius 1 is 1.16 bits per heavy atom. The van der Waals surface area contributed by atoms with Gasteiger partial charge in [0, 0.05) is 16.5 Å². The van der Waals surface area contributed by atoms with E-state index in [1.54, 1.807) is 36.4 Å². The van der Waals surface area contributed by atoms with Crippen LogP contribution in [0.5, 0.6) is 5.75 Å². The fourth-order valence-electron chi connectivity index (χ4n) is 2.25. The van der Waals surface area contributed by atoms with Crippen molar-refractivity contribution >= 4 is 51.7 Å². The van der Waals surface area contributed by atoms with E-state index in [1.165, 1.54) is 6.07 Å². The average molecular weight is 379 g/mol. The van der Waals surface area contributed by atoms with Gasteiger partial charge in [0.1, 0.15) is 17.0 Å². The number of nitrogens with two attached hydrogens (primary N) is 1. The highest BCUT2D eigenvalue weighted by molar-refractivity contribution is 6.34. The molecule has 3 rings (SSSR count). The van der Waals surface area contributed by atoms with Crippen LogP contribution in [0.15, 0.2) is 46.9 Å². The number of furan rings is 1. The van der Waals surface area contributed by atoms with E-state index in [4.69, 9.17) is 38.1 Å². The second-order valence-electron chi connectivity index (χ2n) is 5.08. The van der Waals surface area contributed by atoms with Crippen LogP contribution in [-0.2, 0) is 4.79 Å². The van der Waals surface area contributed by atoms with Crippen LogP contribution in [-0.4, -0.2) is 18.4 Å². The van der Waals surface area contributed by atoms with Gasteiger partial charge in [-0.2, -0.15) is 0 Å². The fraction of sp³-hybridized carbons (Fsp3) is 0.0588. The number of ether oxygens (including phenoxy) is 1. The molecule has 0 saturated carbocycles. The molecule has 0 bridgehead atoms. The molecule has 2 aromatic carbocycles. The van der Waals surface area contributed by atoms with E-state index >= 15 is 0 Å². The zero-order valence-corrected chi connectivity index (χ0v) is 14.2. The number of carbonyl (C=O) groups excluding carboxylic acids is 2. The van der Waals surface area contributed by atoms with Crippen molar-refractivity contribution in [2.75, 3.05) is 11.9 Å². The summed E-state index contributed by atoms with van der Waals surface area (Å²) in [5.41, 5.74) is 5.95. The van der Waals surface area contributed by atoms with E-state index in [0.29, 0.717) is 21.0 Å². The van der Waals surface area contributed by atoms with Crippen LogP contribution in [0.1, 0.15) is 10.6 Å². The number of carbonyl (C=O) groups is 2. The average Bonchev–Trinajstić information content (AvgIpc) is 2.95. The first kappa shape index (κ1) is 17.1. The van der Waals surface area contributed by atoms with Crippen LogP contribution >= 0.6 is 23.2 Å². The first-order valence-corrected chi connectivity index (χ1v) is 7.90. The van der Waals surface area contributed by atoms with Crippen LogP contribution in [0.25, 0.3) is 11.0 Å². The second-order valence-corrected chi connectivity index (χ2v) is 5.92. The minimum atomic E-state index is -0.787. The molecule has 6 nitrogen and oxygen atoms in total. The summed E-state index contributed by atoms with van der Waals surface area (Å²) in [5, 5.41) is 3.90. The summed E-state index contributed by atoms with van der Waals surface area (Å²) >= 11 is 11.8. The third kappa shape index (κ3) is 3.70. The van der Waals surface area contributed by atoms with Gasteiger partial charge >= 0.3 is 0 Å². The lowest BCUT2D eigenvalue weighted by atomic mass is 10.2. The summed E-state index contributed by atoms with van der Waals surface area (Å²) in [7, 11) is 0. The molecule has 1 heterocycles. The van der Waals surface area contributed by atoms with E-state index in [-0.39, 0.29) is 23.8 Å². The lowest BCUT2D eigenvalue weighted by molar-refractivity contribution is -0.118. The Morgan fingerprint density at radius 2 is 1.92 bits per heavy atom. The largest absolute Gasteiger partial charge is 0.482 e. The van der Waals surface area contributed by atoms with Crippen LogP contribution < -0.4 is 15.8 Å². The lowest BCUT2D eigenvalue weighted by Crippen LogP contribution is -2.22. The van der Waals surface area contributed by atoms with Gasteiger partial charge < -0.3 is 20.2 Å². The maximum Gasteiger partial charge on any atom is 0.286 e. The molecule has 0 fully saturated rings. The van der Waals surface area contributed by atoms with Crippen molar-refractivity contribution in [3.8, 4) is 5.75 Å². The molecule has 3 aromatic rings. The number of benzene rings is 2. The van der Waals surface area contributed by atoms with E-state index in [9.17, 15) is 9.59 Å². The predicted octanol–water partition coefficient (Wildman–Crippen LogP) is 3.86. The highest BCUT2D eigenvalue weighted by atomic mass is 35.5. The topological polar surface area (TPSA) is 94.6 Å². The molecule has 25 heavy (non-hydrogen) atoms. The molecule has 0 saturated heterocycles. The Bertz CT molecular complexity index is 968. The number of primary amides is 1. The summed E-state index contributed by atoms with van der Waals surface area (Å²) in [4.78, 5) is 23.7. The summed E-state index contributed by atoms with van der Waals surface area (Å²) in [6.45, 7) is -0.336. The summed E-state index contributed by atoms with van der Waals surface area (Å²) in [5.74, 6) is -1.15. The summed E-state index contributed by atoms with van der Waals surface area (Å²) in [6, 6.07) is 11.5. The van der Waals surface area contributed by atoms with Gasteiger partial charge in [-0.3, -0.25) is 9.59 Å². The first-order valence-electron chi connectivity index (χ1n) is 7.14. The number of fused-ring (bicyclic) bond motifs is 1. The normalized spacial score (nSPS) is 10.6. The minimum absolute atomic E-state index is 0.129. The zero-order chi connectivity index (χ0) is 18.0. The van der Waals surface area contributed by atoms with Gasteiger partial charge in [-0.1, -0.05) is 35.3 Å². The second kappa shape index (κ2) is 7.04. The highest BCUT2D eigenvalue weighted by Gasteiger charge is 2.20. The van der Waals surface area contributed by atoms with Gasteiger partial charge in [-0.15, -0.1) is 0 Å². The number of halogens is 2. The van der Waals surface area contributed by atoms with Crippen LogP contribution in [0, 0.1) is 0 Å². The summed E-state index contributed by atoms with van der Waals surface area (Å²) in [6.07, 6.45) is 0. The molecule has 0 unspecified atom stereocenters. The molecule has 0 spiro atoms. The first-order chi connectivity index (χ1) is 12.0. The maximum atomic E-state index is 12.2. The number of rotatable bonds is 5. The third-order valence-corrected chi connectivity index (χ3v) is 3.88. The monoisotopic (exact) mass is 378 g/mol. The van der Waals surface area contributed by atoms with Crippen molar-refractivity contribution in [2.45, 2.75) is 0 Å². The van der Waals surface area contributed by atoms with E-state index in [1.807, 2.05) is 0 Å². The van der Waals surface area contributed by atoms with Gasteiger partial charge in [0.05, 0.1) is 5.02 Å². The molecule has 8 heteroatoms. The highest BCUT2D eigenvalue weighted by Crippen LogP contribution is 2.31. The molecule has 3 N–H and O–H groups in total. The summed E-state index contributed by atoms with van der Waals surface area (Å²) < 4.78 is 10.8. The third-order valence-electron chi connectivity index (χ3n) is 3.34. The van der Waals surface area contributed by atoms with Gasteiger partial charge in [-0.05, 0) is 24.3 Å².